The highest BCUT2D eigenvalue weighted by atomic mass is 16.1. The number of carbonyl (C=O) groups is 1. The molecule has 0 radical (unpaired) electrons. The summed E-state index contributed by atoms with van der Waals surface area (Å²) in [6.45, 7) is 1.31. The van der Waals surface area contributed by atoms with Crippen LogP contribution < -0.4 is 16.0 Å². The highest BCUT2D eigenvalue weighted by molar-refractivity contribution is 5.81. The summed E-state index contributed by atoms with van der Waals surface area (Å²) in [6, 6.07) is 10.6. The number of benzene rings is 1. The molecule has 0 aromatic heterocycles. The lowest BCUT2D eigenvalue weighted by molar-refractivity contribution is -0.121. The summed E-state index contributed by atoms with van der Waals surface area (Å²) in [5.74, 6) is 0.849. The molecule has 1 aliphatic carbocycles. The first kappa shape index (κ1) is 17.3. The molecule has 0 unspecified atom stereocenters. The molecule has 1 amide bonds. The molecule has 5 nitrogen and oxygen atoms in total. The van der Waals surface area contributed by atoms with Crippen molar-refractivity contribution < 1.29 is 4.79 Å². The normalized spacial score (nSPS) is 16.0. The zero-order chi connectivity index (χ0) is 16.3. The van der Waals surface area contributed by atoms with Gasteiger partial charge in [-0.15, -0.1) is 0 Å². The van der Waals surface area contributed by atoms with Gasteiger partial charge in [0.25, 0.3) is 0 Å². The molecule has 1 saturated carbocycles. The maximum Gasteiger partial charge on any atom is 0.221 e. The Morgan fingerprint density at radius 1 is 1.13 bits per heavy atom. The fourth-order valence-corrected chi connectivity index (χ4v) is 2.84. The van der Waals surface area contributed by atoms with Crippen LogP contribution >= 0.6 is 0 Å². The van der Waals surface area contributed by atoms with Crippen LogP contribution in [0.1, 0.15) is 44.1 Å². The van der Waals surface area contributed by atoms with Gasteiger partial charge in [0.15, 0.2) is 5.96 Å². The molecule has 23 heavy (non-hydrogen) atoms. The van der Waals surface area contributed by atoms with Crippen LogP contribution in [0.15, 0.2) is 35.3 Å². The summed E-state index contributed by atoms with van der Waals surface area (Å²) in [4.78, 5) is 16.1. The Labute approximate surface area is 139 Å². The van der Waals surface area contributed by atoms with Crippen molar-refractivity contribution in [1.29, 1.82) is 0 Å². The van der Waals surface area contributed by atoms with E-state index in [0.717, 1.165) is 25.3 Å². The van der Waals surface area contributed by atoms with E-state index in [0.29, 0.717) is 19.0 Å². The standard InChI is InChI=1S/C18H28N4O/c1-19-18(21-14-15-8-4-2-5-9-15)20-13-12-17(23)22-16-10-6-3-7-11-16/h2,4-5,8-9,16H,3,6-7,10-14H2,1H3,(H,22,23)(H2,19,20,21). The van der Waals surface area contributed by atoms with Gasteiger partial charge >= 0.3 is 0 Å². The van der Waals surface area contributed by atoms with Crippen LogP contribution in [0.3, 0.4) is 0 Å². The molecule has 0 saturated heterocycles. The van der Waals surface area contributed by atoms with Gasteiger partial charge in [0.1, 0.15) is 0 Å². The maximum absolute atomic E-state index is 11.9. The van der Waals surface area contributed by atoms with Crippen molar-refractivity contribution in [2.45, 2.75) is 51.1 Å². The third kappa shape index (κ3) is 6.72. The number of carbonyl (C=O) groups excluding carboxylic acids is 1. The first-order chi connectivity index (χ1) is 11.3. The van der Waals surface area contributed by atoms with Gasteiger partial charge in [-0.1, -0.05) is 49.6 Å². The molecule has 0 atom stereocenters. The van der Waals surface area contributed by atoms with E-state index in [2.05, 4.69) is 33.1 Å². The van der Waals surface area contributed by atoms with E-state index in [1.54, 1.807) is 7.05 Å². The lowest BCUT2D eigenvalue weighted by atomic mass is 9.95. The smallest absolute Gasteiger partial charge is 0.221 e. The highest BCUT2D eigenvalue weighted by Crippen LogP contribution is 2.17. The average Bonchev–Trinajstić information content (AvgIpc) is 2.59. The molecule has 0 bridgehead atoms. The van der Waals surface area contributed by atoms with E-state index in [4.69, 9.17) is 0 Å². The van der Waals surface area contributed by atoms with Crippen LogP contribution in [-0.4, -0.2) is 31.5 Å². The summed E-state index contributed by atoms with van der Waals surface area (Å²) in [5, 5.41) is 9.56. The molecule has 0 spiro atoms. The molecule has 2 rings (SSSR count). The van der Waals surface area contributed by atoms with Gasteiger partial charge in [0.05, 0.1) is 0 Å². The number of hydrogen-bond acceptors (Lipinski definition) is 2. The minimum atomic E-state index is 0.128. The first-order valence-electron chi connectivity index (χ1n) is 8.56. The quantitative estimate of drug-likeness (QED) is 0.557. The predicted molar refractivity (Wildman–Crippen MR) is 94.3 cm³/mol. The molecule has 1 aromatic rings. The highest BCUT2D eigenvalue weighted by Gasteiger charge is 2.15. The molecule has 1 aromatic carbocycles. The SMILES string of the molecule is CN=C(NCCC(=O)NC1CCCCC1)NCc1ccccc1. The van der Waals surface area contributed by atoms with Crippen LogP contribution in [-0.2, 0) is 11.3 Å². The molecule has 126 valence electrons. The zero-order valence-corrected chi connectivity index (χ0v) is 14.0. The molecule has 3 N–H and O–H groups in total. The van der Waals surface area contributed by atoms with Crippen LogP contribution in [0.4, 0.5) is 0 Å². The first-order valence-corrected chi connectivity index (χ1v) is 8.56. The molecular weight excluding hydrogens is 288 g/mol. The molecule has 5 heteroatoms. The van der Waals surface area contributed by atoms with E-state index in [-0.39, 0.29) is 5.91 Å². The number of hydrogen-bond donors (Lipinski definition) is 3. The molecular formula is C18H28N4O. The van der Waals surface area contributed by atoms with Gasteiger partial charge in [0, 0.05) is 32.6 Å². The van der Waals surface area contributed by atoms with E-state index in [9.17, 15) is 4.79 Å². The lowest BCUT2D eigenvalue weighted by Crippen LogP contribution is -2.41. The Bertz CT molecular complexity index is 495. The van der Waals surface area contributed by atoms with Gasteiger partial charge < -0.3 is 16.0 Å². The minimum Gasteiger partial charge on any atom is -0.356 e. The van der Waals surface area contributed by atoms with Crippen molar-refractivity contribution in [3.05, 3.63) is 35.9 Å². The molecule has 0 heterocycles. The lowest BCUT2D eigenvalue weighted by Gasteiger charge is -2.22. The molecule has 1 fully saturated rings. The minimum absolute atomic E-state index is 0.128. The van der Waals surface area contributed by atoms with Crippen LogP contribution in [0.25, 0.3) is 0 Å². The fraction of sp³-hybridized carbons (Fsp3) is 0.556. The van der Waals surface area contributed by atoms with Gasteiger partial charge in [-0.3, -0.25) is 9.79 Å². The fourth-order valence-electron chi connectivity index (χ4n) is 2.84. The van der Waals surface area contributed by atoms with Crippen molar-refractivity contribution in [3.8, 4) is 0 Å². The number of rotatable bonds is 6. The van der Waals surface area contributed by atoms with Crippen molar-refractivity contribution in [1.82, 2.24) is 16.0 Å². The van der Waals surface area contributed by atoms with E-state index in [1.165, 1.54) is 24.8 Å². The van der Waals surface area contributed by atoms with E-state index >= 15 is 0 Å². The van der Waals surface area contributed by atoms with Crippen LogP contribution in [0.2, 0.25) is 0 Å². The van der Waals surface area contributed by atoms with Crippen molar-refractivity contribution in [2.75, 3.05) is 13.6 Å². The molecule has 0 aliphatic heterocycles. The Morgan fingerprint density at radius 2 is 1.87 bits per heavy atom. The summed E-state index contributed by atoms with van der Waals surface area (Å²) >= 11 is 0. The van der Waals surface area contributed by atoms with Gasteiger partial charge in [-0.25, -0.2) is 0 Å². The topological polar surface area (TPSA) is 65.5 Å². The number of nitrogens with one attached hydrogen (secondary N) is 3. The number of nitrogens with zero attached hydrogens (tertiary/aromatic N) is 1. The van der Waals surface area contributed by atoms with E-state index < -0.39 is 0 Å². The number of aliphatic imine (C=N–C) groups is 1. The summed E-state index contributed by atoms with van der Waals surface area (Å²) in [6.07, 6.45) is 6.50. The Kier molecular flexibility index (Phi) is 7.43. The van der Waals surface area contributed by atoms with Crippen molar-refractivity contribution in [2.24, 2.45) is 4.99 Å². The van der Waals surface area contributed by atoms with Crippen molar-refractivity contribution in [3.63, 3.8) is 0 Å². The average molecular weight is 316 g/mol. The Hall–Kier alpha value is -2.04. The maximum atomic E-state index is 11.9. The van der Waals surface area contributed by atoms with Crippen LogP contribution in [0, 0.1) is 0 Å². The van der Waals surface area contributed by atoms with Gasteiger partial charge in [0.2, 0.25) is 5.91 Å². The number of amides is 1. The Balaban J connectivity index is 1.62. The largest absolute Gasteiger partial charge is 0.356 e. The third-order valence-corrected chi connectivity index (χ3v) is 4.14. The third-order valence-electron chi connectivity index (χ3n) is 4.14. The monoisotopic (exact) mass is 316 g/mol. The van der Waals surface area contributed by atoms with Crippen molar-refractivity contribution >= 4 is 11.9 Å². The zero-order valence-electron chi connectivity index (χ0n) is 14.0. The summed E-state index contributed by atoms with van der Waals surface area (Å²) < 4.78 is 0. The van der Waals surface area contributed by atoms with Gasteiger partial charge in [-0.05, 0) is 18.4 Å². The second kappa shape index (κ2) is 9.87. The summed E-state index contributed by atoms with van der Waals surface area (Å²) in [5.41, 5.74) is 1.20. The van der Waals surface area contributed by atoms with Crippen LogP contribution in [0.5, 0.6) is 0 Å². The summed E-state index contributed by atoms with van der Waals surface area (Å²) in [7, 11) is 1.74. The molecule has 1 aliphatic rings. The predicted octanol–water partition coefficient (Wildman–Crippen LogP) is 2.19. The van der Waals surface area contributed by atoms with E-state index in [1.807, 2.05) is 18.2 Å². The second-order valence-electron chi connectivity index (χ2n) is 5.99. The second-order valence-corrected chi connectivity index (χ2v) is 5.99. The Morgan fingerprint density at radius 3 is 2.57 bits per heavy atom. The van der Waals surface area contributed by atoms with Gasteiger partial charge in [-0.2, -0.15) is 0 Å². The number of guanidine groups is 1.